The van der Waals surface area contributed by atoms with E-state index in [0.29, 0.717) is 16.3 Å². The van der Waals surface area contributed by atoms with Crippen molar-refractivity contribution < 1.29 is 19.4 Å². The summed E-state index contributed by atoms with van der Waals surface area (Å²) in [4.78, 5) is 27.7. The van der Waals surface area contributed by atoms with Crippen molar-refractivity contribution in [2.45, 2.75) is 37.8 Å². The van der Waals surface area contributed by atoms with Crippen LogP contribution in [0.5, 0.6) is 5.75 Å². The van der Waals surface area contributed by atoms with E-state index in [4.69, 9.17) is 16.3 Å². The van der Waals surface area contributed by atoms with Gasteiger partial charge in [0.2, 0.25) is 0 Å². The summed E-state index contributed by atoms with van der Waals surface area (Å²) in [6.45, 7) is 0. The summed E-state index contributed by atoms with van der Waals surface area (Å²) in [6.07, 6.45) is 3.75. The molecule has 1 saturated carbocycles. The molecule has 29 heavy (non-hydrogen) atoms. The lowest BCUT2D eigenvalue weighted by molar-refractivity contribution is -0.141. The number of nitrogens with zero attached hydrogens (tertiary/aromatic N) is 1. The van der Waals surface area contributed by atoms with Gasteiger partial charge in [-0.2, -0.15) is 0 Å². The van der Waals surface area contributed by atoms with E-state index < -0.39 is 17.7 Å². The van der Waals surface area contributed by atoms with Crippen molar-refractivity contribution in [1.29, 1.82) is 0 Å². The summed E-state index contributed by atoms with van der Waals surface area (Å²) < 4.78 is 5.35. The maximum Gasteiger partial charge on any atom is 0.295 e. The van der Waals surface area contributed by atoms with E-state index in [1.54, 1.807) is 53.4 Å². The number of aliphatic hydroxyl groups is 1. The summed E-state index contributed by atoms with van der Waals surface area (Å²) in [5.74, 6) is -1.01. The molecule has 2 fully saturated rings. The van der Waals surface area contributed by atoms with E-state index in [-0.39, 0.29) is 17.4 Å². The first-order chi connectivity index (χ1) is 14.0. The predicted octanol–water partition coefficient (Wildman–Crippen LogP) is 4.71. The van der Waals surface area contributed by atoms with E-state index >= 15 is 0 Å². The zero-order chi connectivity index (χ0) is 20.5. The third-order valence-corrected chi connectivity index (χ3v) is 6.00. The number of likely N-dealkylation sites (tertiary alicyclic amines) is 1. The molecule has 1 N–H and O–H groups in total. The minimum absolute atomic E-state index is 0.0184. The molecule has 2 aromatic carbocycles. The van der Waals surface area contributed by atoms with Crippen molar-refractivity contribution in [2.75, 3.05) is 7.11 Å². The number of benzene rings is 2. The summed E-state index contributed by atoms with van der Waals surface area (Å²) in [6, 6.07) is 13.3. The molecule has 0 radical (unpaired) electrons. The number of Topliss-reactive ketones (excluding diaryl/α,β-unsaturated/α-hetero) is 1. The van der Waals surface area contributed by atoms with Crippen LogP contribution in [0, 0.1) is 0 Å². The van der Waals surface area contributed by atoms with Gasteiger partial charge in [-0.05, 0) is 42.7 Å². The molecule has 6 heteroatoms. The number of hydrogen-bond donors (Lipinski definition) is 1. The Labute approximate surface area is 174 Å². The highest BCUT2D eigenvalue weighted by atomic mass is 35.5. The second-order valence-electron chi connectivity index (χ2n) is 7.40. The van der Waals surface area contributed by atoms with Gasteiger partial charge in [0.25, 0.3) is 11.7 Å². The molecule has 1 unspecified atom stereocenters. The molecule has 2 aromatic rings. The number of carbonyl (C=O) groups excluding carboxylic acids is 2. The Balaban J connectivity index is 1.91. The number of amides is 1. The third kappa shape index (κ3) is 3.40. The third-order valence-electron chi connectivity index (χ3n) is 5.75. The summed E-state index contributed by atoms with van der Waals surface area (Å²) in [7, 11) is 1.50. The predicted molar refractivity (Wildman–Crippen MR) is 111 cm³/mol. The van der Waals surface area contributed by atoms with Gasteiger partial charge >= 0.3 is 0 Å². The molecular weight excluding hydrogens is 390 g/mol. The van der Waals surface area contributed by atoms with E-state index in [0.717, 1.165) is 31.2 Å². The van der Waals surface area contributed by atoms with Crippen LogP contribution in [-0.2, 0) is 9.59 Å². The van der Waals surface area contributed by atoms with Crippen LogP contribution in [-0.4, -0.2) is 34.8 Å². The van der Waals surface area contributed by atoms with Gasteiger partial charge in [-0.25, -0.2) is 0 Å². The van der Waals surface area contributed by atoms with Crippen molar-refractivity contribution in [3.8, 4) is 5.75 Å². The van der Waals surface area contributed by atoms with E-state index in [1.807, 2.05) is 0 Å². The zero-order valence-corrected chi connectivity index (χ0v) is 16.9. The molecule has 5 nitrogen and oxygen atoms in total. The lowest BCUT2D eigenvalue weighted by atomic mass is 9.94. The minimum Gasteiger partial charge on any atom is -0.507 e. The maximum absolute atomic E-state index is 13.1. The number of ketones is 1. The van der Waals surface area contributed by atoms with E-state index in [2.05, 4.69) is 0 Å². The van der Waals surface area contributed by atoms with Gasteiger partial charge < -0.3 is 14.7 Å². The first-order valence-corrected chi connectivity index (χ1v) is 10.1. The van der Waals surface area contributed by atoms with Gasteiger partial charge in [-0.15, -0.1) is 0 Å². The largest absolute Gasteiger partial charge is 0.507 e. The van der Waals surface area contributed by atoms with E-state index in [9.17, 15) is 14.7 Å². The average Bonchev–Trinajstić information content (AvgIpc) is 3.35. The van der Waals surface area contributed by atoms with Crippen LogP contribution in [0.4, 0.5) is 0 Å². The maximum atomic E-state index is 13.1. The fourth-order valence-corrected chi connectivity index (χ4v) is 4.49. The first kappa shape index (κ1) is 19.5. The normalized spacial score (nSPS) is 21.7. The lowest BCUT2D eigenvalue weighted by Gasteiger charge is -2.30. The van der Waals surface area contributed by atoms with Crippen LogP contribution in [0.2, 0.25) is 5.02 Å². The first-order valence-electron chi connectivity index (χ1n) is 9.72. The number of hydrogen-bond acceptors (Lipinski definition) is 4. The Morgan fingerprint density at radius 1 is 1.07 bits per heavy atom. The van der Waals surface area contributed by atoms with Gasteiger partial charge in [-0.1, -0.05) is 48.7 Å². The Bertz CT molecular complexity index is 977. The standard InChI is InChI=1S/C23H22ClNO4/c1-29-18-9-5-4-8-17(18)21(26)19-20(14-10-12-15(24)13-11-14)25(23(28)22(19)27)16-6-2-3-7-16/h4-5,8-13,16,20,26H,2-3,6-7H2,1H3/b21-19-. The smallest absolute Gasteiger partial charge is 0.295 e. The number of rotatable bonds is 4. The van der Waals surface area contributed by atoms with Gasteiger partial charge in [0.15, 0.2) is 0 Å². The lowest BCUT2D eigenvalue weighted by Crippen LogP contribution is -2.37. The molecule has 1 aliphatic carbocycles. The molecule has 150 valence electrons. The summed E-state index contributed by atoms with van der Waals surface area (Å²) in [5.41, 5.74) is 1.23. The molecule has 1 saturated heterocycles. The van der Waals surface area contributed by atoms with Crippen LogP contribution >= 0.6 is 11.6 Å². The van der Waals surface area contributed by atoms with Crippen molar-refractivity contribution >= 4 is 29.1 Å². The minimum atomic E-state index is -0.666. The van der Waals surface area contributed by atoms with Crippen LogP contribution in [0.1, 0.15) is 42.9 Å². The number of halogens is 1. The van der Waals surface area contributed by atoms with E-state index in [1.165, 1.54) is 7.11 Å². The quantitative estimate of drug-likeness (QED) is 0.449. The Hall–Kier alpha value is -2.79. The molecule has 0 bridgehead atoms. The molecular formula is C23H22ClNO4. The van der Waals surface area contributed by atoms with Crippen molar-refractivity contribution in [1.82, 2.24) is 4.90 Å². The highest BCUT2D eigenvalue weighted by Gasteiger charge is 2.49. The van der Waals surface area contributed by atoms with Crippen LogP contribution < -0.4 is 4.74 Å². The number of carbonyl (C=O) groups is 2. The molecule has 1 amide bonds. The number of ether oxygens (including phenoxy) is 1. The molecule has 2 aliphatic rings. The molecule has 0 spiro atoms. The van der Waals surface area contributed by atoms with Crippen LogP contribution in [0.3, 0.4) is 0 Å². The zero-order valence-electron chi connectivity index (χ0n) is 16.1. The van der Waals surface area contributed by atoms with Gasteiger partial charge in [0, 0.05) is 11.1 Å². The van der Waals surface area contributed by atoms with Crippen LogP contribution in [0.25, 0.3) is 5.76 Å². The molecule has 1 atom stereocenters. The fourth-order valence-electron chi connectivity index (χ4n) is 4.37. The number of methoxy groups -OCH3 is 1. The van der Waals surface area contributed by atoms with Crippen molar-refractivity contribution in [2.24, 2.45) is 0 Å². The Morgan fingerprint density at radius 3 is 2.38 bits per heavy atom. The second kappa shape index (κ2) is 7.91. The number of aliphatic hydroxyl groups excluding tert-OH is 1. The van der Waals surface area contributed by atoms with Gasteiger partial charge in [0.05, 0.1) is 24.3 Å². The molecule has 0 aromatic heterocycles. The Morgan fingerprint density at radius 2 is 1.72 bits per heavy atom. The Kier molecular flexibility index (Phi) is 5.33. The highest BCUT2D eigenvalue weighted by Crippen LogP contribution is 2.44. The fraction of sp³-hybridized carbons (Fsp3) is 0.304. The summed E-state index contributed by atoms with van der Waals surface area (Å²) in [5, 5.41) is 11.7. The average molecular weight is 412 g/mol. The van der Waals surface area contributed by atoms with Gasteiger partial charge in [-0.3, -0.25) is 9.59 Å². The second-order valence-corrected chi connectivity index (χ2v) is 7.83. The molecule has 1 aliphatic heterocycles. The van der Waals surface area contributed by atoms with Crippen molar-refractivity contribution in [3.63, 3.8) is 0 Å². The SMILES string of the molecule is COc1ccccc1/C(O)=C1/C(=O)C(=O)N(C2CCCC2)C1c1ccc(Cl)cc1. The molecule has 1 heterocycles. The topological polar surface area (TPSA) is 66.8 Å². The summed E-state index contributed by atoms with van der Waals surface area (Å²) >= 11 is 6.05. The number of para-hydroxylation sites is 1. The van der Waals surface area contributed by atoms with Crippen LogP contribution in [0.15, 0.2) is 54.1 Å². The van der Waals surface area contributed by atoms with Crippen molar-refractivity contribution in [3.05, 3.63) is 70.3 Å². The van der Waals surface area contributed by atoms with Gasteiger partial charge in [0.1, 0.15) is 11.5 Å². The highest BCUT2D eigenvalue weighted by molar-refractivity contribution is 6.46. The molecule has 4 rings (SSSR count). The monoisotopic (exact) mass is 411 g/mol.